The molecule has 0 aliphatic heterocycles. The molecule has 7 heteroatoms. The number of benzene rings is 2. The first-order chi connectivity index (χ1) is 10.1. The van der Waals surface area contributed by atoms with E-state index in [4.69, 9.17) is 11.6 Å². The maximum atomic E-state index is 13.8. The molecule has 0 fully saturated rings. The monoisotopic (exact) mass is 369 g/mol. The van der Waals surface area contributed by atoms with Gasteiger partial charge in [-0.3, -0.25) is 0 Å². The van der Waals surface area contributed by atoms with Gasteiger partial charge in [0.05, 0.1) is 10.2 Å². The Hall–Kier alpha value is -1.79. The van der Waals surface area contributed by atoms with Gasteiger partial charge >= 0.3 is 0 Å². The van der Waals surface area contributed by atoms with Crippen LogP contribution in [0.3, 0.4) is 0 Å². The highest BCUT2D eigenvalue weighted by Gasteiger charge is 2.12. The number of halogens is 4. The third-order valence-electron chi connectivity index (χ3n) is 2.91. The molecule has 3 nitrogen and oxygen atoms in total. The van der Waals surface area contributed by atoms with Crippen molar-refractivity contribution < 1.29 is 8.78 Å². The lowest BCUT2D eigenvalue weighted by Crippen LogP contribution is -2.00. The van der Waals surface area contributed by atoms with Crippen LogP contribution in [0.4, 0.5) is 20.3 Å². The Labute approximate surface area is 132 Å². The van der Waals surface area contributed by atoms with Crippen LogP contribution in [0.15, 0.2) is 40.9 Å². The molecular formula is C14H7BrClF2N3. The molecule has 0 saturated heterocycles. The third-order valence-corrected chi connectivity index (χ3v) is 3.79. The van der Waals surface area contributed by atoms with Crippen molar-refractivity contribution in [2.45, 2.75) is 0 Å². The molecule has 1 N–H and O–H groups in total. The van der Waals surface area contributed by atoms with Gasteiger partial charge in [0.15, 0.2) is 11.0 Å². The summed E-state index contributed by atoms with van der Waals surface area (Å²) in [6.45, 7) is 0. The summed E-state index contributed by atoms with van der Waals surface area (Å²) in [5.74, 6) is -1.06. The van der Waals surface area contributed by atoms with E-state index in [1.807, 2.05) is 12.1 Å². The minimum absolute atomic E-state index is 0.0880. The lowest BCUT2D eigenvalue weighted by Gasteiger charge is -2.10. The van der Waals surface area contributed by atoms with Crippen molar-refractivity contribution in [2.75, 3.05) is 5.32 Å². The summed E-state index contributed by atoms with van der Waals surface area (Å²) in [7, 11) is 0. The van der Waals surface area contributed by atoms with E-state index in [-0.39, 0.29) is 15.3 Å². The first kappa shape index (κ1) is 14.2. The number of aromatic nitrogens is 2. The zero-order valence-electron chi connectivity index (χ0n) is 10.4. The number of anilines is 2. The van der Waals surface area contributed by atoms with E-state index in [1.165, 1.54) is 6.07 Å². The summed E-state index contributed by atoms with van der Waals surface area (Å²) in [5.41, 5.74) is 0.0880. The third kappa shape index (κ3) is 2.69. The number of rotatable bonds is 2. The van der Waals surface area contributed by atoms with Gasteiger partial charge in [-0.15, -0.1) is 10.2 Å². The van der Waals surface area contributed by atoms with Crippen molar-refractivity contribution >= 4 is 49.8 Å². The van der Waals surface area contributed by atoms with Crippen molar-refractivity contribution in [3.63, 3.8) is 0 Å². The second-order valence-corrected chi connectivity index (χ2v) is 5.47. The highest BCUT2D eigenvalue weighted by atomic mass is 79.9. The Morgan fingerprint density at radius 3 is 2.48 bits per heavy atom. The summed E-state index contributed by atoms with van der Waals surface area (Å²) in [4.78, 5) is 0. The number of nitrogens with one attached hydrogen (secondary N) is 1. The topological polar surface area (TPSA) is 37.8 Å². The molecule has 1 heterocycles. The lowest BCUT2D eigenvalue weighted by molar-refractivity contribution is 0.581. The molecule has 3 aromatic rings. The number of nitrogens with zero attached hydrogens (tertiary/aromatic N) is 2. The standard InChI is InChI=1S/C14H7BrClF2N3/c15-9-5-12(11(18)6-10(9)17)19-14-8-4-2-1-3-7(8)13(16)20-21-14/h1-6H,(H,19,21). The predicted molar refractivity (Wildman–Crippen MR) is 81.9 cm³/mol. The molecule has 21 heavy (non-hydrogen) atoms. The zero-order valence-corrected chi connectivity index (χ0v) is 12.7. The Bertz CT molecular complexity index is 842. The summed E-state index contributed by atoms with van der Waals surface area (Å²) >= 11 is 8.99. The predicted octanol–water partition coefficient (Wildman–Crippen LogP) is 5.07. The van der Waals surface area contributed by atoms with Crippen LogP contribution in [0.1, 0.15) is 0 Å². The van der Waals surface area contributed by atoms with Crippen molar-refractivity contribution in [1.29, 1.82) is 0 Å². The molecule has 0 unspecified atom stereocenters. The molecule has 0 atom stereocenters. The molecule has 0 aliphatic rings. The van der Waals surface area contributed by atoms with E-state index in [2.05, 4.69) is 31.4 Å². The van der Waals surface area contributed by atoms with Gasteiger partial charge in [-0.25, -0.2) is 8.78 Å². The van der Waals surface area contributed by atoms with Gasteiger partial charge in [0, 0.05) is 16.8 Å². The van der Waals surface area contributed by atoms with Gasteiger partial charge in [-0.2, -0.15) is 0 Å². The van der Waals surface area contributed by atoms with Crippen LogP contribution in [0.25, 0.3) is 10.8 Å². The zero-order chi connectivity index (χ0) is 15.0. The maximum Gasteiger partial charge on any atom is 0.161 e. The van der Waals surface area contributed by atoms with Gasteiger partial charge in [-0.05, 0) is 22.0 Å². The highest BCUT2D eigenvalue weighted by molar-refractivity contribution is 9.10. The maximum absolute atomic E-state index is 13.8. The SMILES string of the molecule is Fc1cc(F)c(Nc2nnc(Cl)c3ccccc23)cc1Br. The second-order valence-electron chi connectivity index (χ2n) is 4.26. The molecule has 0 amide bonds. The summed E-state index contributed by atoms with van der Waals surface area (Å²) in [5, 5.41) is 12.2. The van der Waals surface area contributed by atoms with E-state index in [9.17, 15) is 8.78 Å². The van der Waals surface area contributed by atoms with Gasteiger partial charge in [0.25, 0.3) is 0 Å². The minimum Gasteiger partial charge on any atom is -0.336 e. The molecule has 106 valence electrons. The number of hydrogen-bond donors (Lipinski definition) is 1. The van der Waals surface area contributed by atoms with Crippen LogP contribution in [-0.4, -0.2) is 10.2 Å². The van der Waals surface area contributed by atoms with Crippen LogP contribution in [0, 0.1) is 11.6 Å². The first-order valence-electron chi connectivity index (χ1n) is 5.89. The van der Waals surface area contributed by atoms with Crippen LogP contribution >= 0.6 is 27.5 Å². The van der Waals surface area contributed by atoms with Crippen LogP contribution < -0.4 is 5.32 Å². The quantitative estimate of drug-likeness (QED) is 0.640. The van der Waals surface area contributed by atoms with E-state index >= 15 is 0 Å². The molecule has 0 saturated carbocycles. The van der Waals surface area contributed by atoms with E-state index in [0.717, 1.165) is 6.07 Å². The van der Waals surface area contributed by atoms with Crippen LogP contribution in [0.5, 0.6) is 0 Å². The van der Waals surface area contributed by atoms with E-state index in [0.29, 0.717) is 16.6 Å². The summed E-state index contributed by atoms with van der Waals surface area (Å²) in [6.07, 6.45) is 0. The summed E-state index contributed by atoms with van der Waals surface area (Å²) in [6, 6.07) is 9.29. The Kier molecular flexibility index (Phi) is 3.73. The molecule has 0 bridgehead atoms. The molecule has 3 rings (SSSR count). The van der Waals surface area contributed by atoms with Gasteiger partial charge in [0.2, 0.25) is 0 Å². The van der Waals surface area contributed by atoms with E-state index < -0.39 is 11.6 Å². The average Bonchev–Trinajstić information content (AvgIpc) is 2.48. The molecular weight excluding hydrogens is 364 g/mol. The Balaban J connectivity index is 2.11. The fourth-order valence-corrected chi connectivity index (χ4v) is 2.46. The normalized spacial score (nSPS) is 10.9. The largest absolute Gasteiger partial charge is 0.336 e. The number of fused-ring (bicyclic) bond motifs is 1. The lowest BCUT2D eigenvalue weighted by atomic mass is 10.2. The summed E-state index contributed by atoms with van der Waals surface area (Å²) < 4.78 is 27.2. The first-order valence-corrected chi connectivity index (χ1v) is 7.06. The Morgan fingerprint density at radius 2 is 1.71 bits per heavy atom. The van der Waals surface area contributed by atoms with Gasteiger partial charge in [0.1, 0.15) is 11.6 Å². The van der Waals surface area contributed by atoms with Crippen molar-refractivity contribution in [3.05, 3.63) is 57.7 Å². The van der Waals surface area contributed by atoms with Gasteiger partial charge < -0.3 is 5.32 Å². The smallest absolute Gasteiger partial charge is 0.161 e. The molecule has 0 spiro atoms. The Morgan fingerprint density at radius 1 is 1.00 bits per heavy atom. The fourth-order valence-electron chi connectivity index (χ4n) is 1.91. The minimum atomic E-state index is -0.725. The second kappa shape index (κ2) is 5.54. The average molecular weight is 371 g/mol. The molecule has 0 aliphatic carbocycles. The van der Waals surface area contributed by atoms with Crippen molar-refractivity contribution in [1.82, 2.24) is 10.2 Å². The van der Waals surface area contributed by atoms with Gasteiger partial charge in [-0.1, -0.05) is 35.9 Å². The van der Waals surface area contributed by atoms with Crippen LogP contribution in [0.2, 0.25) is 5.15 Å². The van der Waals surface area contributed by atoms with Crippen molar-refractivity contribution in [2.24, 2.45) is 0 Å². The number of hydrogen-bond acceptors (Lipinski definition) is 3. The van der Waals surface area contributed by atoms with Crippen LogP contribution in [-0.2, 0) is 0 Å². The molecule has 0 radical (unpaired) electrons. The molecule has 1 aromatic heterocycles. The fraction of sp³-hybridized carbons (Fsp3) is 0. The van der Waals surface area contributed by atoms with E-state index in [1.54, 1.807) is 12.1 Å². The molecule has 2 aromatic carbocycles. The van der Waals surface area contributed by atoms with Crippen molar-refractivity contribution in [3.8, 4) is 0 Å². The highest BCUT2D eigenvalue weighted by Crippen LogP contribution is 2.30.